The predicted molar refractivity (Wildman–Crippen MR) is 173 cm³/mol. The summed E-state index contributed by atoms with van der Waals surface area (Å²) < 4.78 is 0. The molecule has 0 spiro atoms. The Morgan fingerprint density at radius 1 is 0.733 bits per heavy atom. The maximum Gasteiger partial charge on any atom is 0.222 e. The van der Waals surface area contributed by atoms with Crippen molar-refractivity contribution in [2.75, 3.05) is 6.54 Å². The number of fused-ring (bicyclic) bond motifs is 1. The summed E-state index contributed by atoms with van der Waals surface area (Å²) in [6, 6.07) is 15.0. The third-order valence-electron chi connectivity index (χ3n) is 8.20. The van der Waals surface area contributed by atoms with E-state index in [1.807, 2.05) is 60.8 Å². The number of aliphatic hydroxyl groups excluding tert-OH is 1. The van der Waals surface area contributed by atoms with Gasteiger partial charge in [0.25, 0.3) is 0 Å². The van der Waals surface area contributed by atoms with E-state index in [0.717, 1.165) is 34.9 Å². The molecule has 8 N–H and O–H groups in total. The average molecular weight is 619 g/mol. The highest BCUT2D eigenvalue weighted by molar-refractivity contribution is 5.85. The lowest BCUT2D eigenvalue weighted by Gasteiger charge is -2.27. The molecule has 4 rings (SSSR count). The van der Waals surface area contributed by atoms with Crippen LogP contribution in [0.2, 0.25) is 0 Å². The number of benzene rings is 2. The van der Waals surface area contributed by atoms with Crippen LogP contribution in [0.25, 0.3) is 10.9 Å². The van der Waals surface area contributed by atoms with Crippen LogP contribution in [0.5, 0.6) is 0 Å². The first kappa shape index (κ1) is 33.7. The highest BCUT2D eigenvalue weighted by atomic mass is 16.3. The molecule has 4 amide bonds. The molecule has 1 unspecified atom stereocenters. The first-order valence-corrected chi connectivity index (χ1v) is 15.8. The smallest absolute Gasteiger partial charge is 0.222 e. The number of nitrogens with one attached hydrogen (secondary N) is 5. The predicted octanol–water partition coefficient (Wildman–Crippen LogP) is 1.98. The van der Waals surface area contributed by atoms with Crippen LogP contribution in [0.15, 0.2) is 60.8 Å². The first-order chi connectivity index (χ1) is 21.7. The van der Waals surface area contributed by atoms with Crippen LogP contribution in [-0.4, -0.2) is 70.5 Å². The summed E-state index contributed by atoms with van der Waals surface area (Å²) in [5.74, 6) is -1.33. The van der Waals surface area contributed by atoms with Crippen LogP contribution < -0.4 is 27.0 Å². The van der Waals surface area contributed by atoms with Crippen molar-refractivity contribution in [3.63, 3.8) is 0 Å². The second-order valence-corrected chi connectivity index (χ2v) is 12.1. The summed E-state index contributed by atoms with van der Waals surface area (Å²) in [5, 5.41) is 23.2. The molecule has 0 saturated carbocycles. The molecule has 11 heteroatoms. The fraction of sp³-hybridized carbons (Fsp3) is 0.471. The lowest BCUT2D eigenvalue weighted by atomic mass is 9.99. The number of aromatic amines is 1. The van der Waals surface area contributed by atoms with Crippen molar-refractivity contribution in [1.82, 2.24) is 26.3 Å². The van der Waals surface area contributed by atoms with Crippen molar-refractivity contribution >= 4 is 34.5 Å². The fourth-order valence-corrected chi connectivity index (χ4v) is 5.91. The Kier molecular flexibility index (Phi) is 12.5. The number of hydrogen-bond acceptors (Lipinski definition) is 6. The number of rotatable bonds is 9. The number of aromatic nitrogens is 1. The Balaban J connectivity index is 1.60. The zero-order valence-electron chi connectivity index (χ0n) is 25.9. The fourth-order valence-electron chi connectivity index (χ4n) is 5.91. The Morgan fingerprint density at radius 2 is 1.31 bits per heavy atom. The minimum atomic E-state index is -0.995. The Morgan fingerprint density at radius 3 is 2.00 bits per heavy atom. The third-order valence-corrected chi connectivity index (χ3v) is 8.20. The van der Waals surface area contributed by atoms with E-state index in [-0.39, 0.29) is 49.3 Å². The van der Waals surface area contributed by atoms with Gasteiger partial charge in [-0.3, -0.25) is 19.2 Å². The van der Waals surface area contributed by atoms with E-state index in [9.17, 15) is 24.3 Å². The lowest BCUT2D eigenvalue weighted by molar-refractivity contribution is -0.126. The standard InChI is InChI=1S/C34H46N6O5/c1-22(41)30-20-34(45)37-25(11-7-8-14-35)17-31(42)39-27(16-24-21-36-29-13-6-5-12-28(24)29)19-32(43)38-26(18-33(44)40-30)15-23-9-3-2-4-10-23/h2-6,9-10,12-13,21-22,25-27,30,36,41H,7-8,11,14-20,35H2,1H3,(H,37,45)(H,38,43)(H,39,42)(H,40,44)/t22-,25+,26?,27+,30-/m1/s1. The molecule has 5 atom stereocenters. The number of unbranched alkanes of at least 4 members (excludes halogenated alkanes) is 1. The van der Waals surface area contributed by atoms with Gasteiger partial charge in [0.05, 0.1) is 12.1 Å². The number of carbonyl (C=O) groups excluding carboxylic acids is 4. The van der Waals surface area contributed by atoms with Gasteiger partial charge in [-0.15, -0.1) is 0 Å². The summed E-state index contributed by atoms with van der Waals surface area (Å²) in [6.07, 6.45) is 3.53. The lowest BCUT2D eigenvalue weighted by Crippen LogP contribution is -2.50. The number of amides is 4. The Hall–Kier alpha value is -4.22. The SMILES string of the molecule is C[C@@H](O)[C@H]1CC(=O)N[C@@H](CCCCN)CC(=O)N[C@@H](Cc2c[nH]c3ccccc23)CC(=O)NC(Cc2ccccc2)CC(=O)N1. The summed E-state index contributed by atoms with van der Waals surface area (Å²) >= 11 is 0. The molecule has 0 bridgehead atoms. The van der Waals surface area contributed by atoms with Gasteiger partial charge in [-0.1, -0.05) is 55.0 Å². The average Bonchev–Trinajstić information content (AvgIpc) is 3.39. The molecule has 0 radical (unpaired) electrons. The van der Waals surface area contributed by atoms with Gasteiger partial charge in [0.1, 0.15) is 0 Å². The van der Waals surface area contributed by atoms with Crippen LogP contribution in [-0.2, 0) is 32.0 Å². The molecule has 2 aromatic carbocycles. The quantitative estimate of drug-likeness (QED) is 0.180. The van der Waals surface area contributed by atoms with Crippen molar-refractivity contribution in [2.24, 2.45) is 5.73 Å². The second kappa shape index (κ2) is 16.7. The van der Waals surface area contributed by atoms with E-state index in [0.29, 0.717) is 25.8 Å². The van der Waals surface area contributed by atoms with Crippen molar-refractivity contribution in [1.29, 1.82) is 0 Å². The molecule has 1 saturated heterocycles. The van der Waals surface area contributed by atoms with Gasteiger partial charge >= 0.3 is 0 Å². The zero-order valence-corrected chi connectivity index (χ0v) is 25.9. The van der Waals surface area contributed by atoms with Crippen molar-refractivity contribution in [2.45, 2.75) is 95.0 Å². The maximum absolute atomic E-state index is 13.5. The minimum Gasteiger partial charge on any atom is -0.391 e. The van der Waals surface area contributed by atoms with Crippen molar-refractivity contribution in [3.8, 4) is 0 Å². The molecule has 3 aromatic rings. The molecule has 1 aromatic heterocycles. The number of H-pyrrole nitrogens is 1. The molecule has 1 aliphatic heterocycles. The van der Waals surface area contributed by atoms with E-state index in [1.165, 1.54) is 6.92 Å². The molecule has 1 aliphatic rings. The second-order valence-electron chi connectivity index (χ2n) is 12.1. The number of carbonyl (C=O) groups is 4. The molecular weight excluding hydrogens is 572 g/mol. The zero-order chi connectivity index (χ0) is 32.2. The Labute approximate surface area is 264 Å². The summed E-state index contributed by atoms with van der Waals surface area (Å²) in [5.41, 5.74) is 8.55. The highest BCUT2D eigenvalue weighted by Gasteiger charge is 2.28. The van der Waals surface area contributed by atoms with Crippen LogP contribution in [0.3, 0.4) is 0 Å². The van der Waals surface area contributed by atoms with E-state index in [1.54, 1.807) is 0 Å². The first-order valence-electron chi connectivity index (χ1n) is 15.8. The van der Waals surface area contributed by atoms with Gasteiger partial charge in [-0.25, -0.2) is 0 Å². The molecule has 1 fully saturated rings. The van der Waals surface area contributed by atoms with E-state index in [4.69, 9.17) is 5.73 Å². The normalized spacial score (nSPS) is 23.1. The van der Waals surface area contributed by atoms with Crippen LogP contribution in [0.1, 0.15) is 63.0 Å². The van der Waals surface area contributed by atoms with Crippen LogP contribution >= 0.6 is 0 Å². The largest absolute Gasteiger partial charge is 0.391 e. The van der Waals surface area contributed by atoms with E-state index < -0.39 is 30.3 Å². The topological polar surface area (TPSA) is 178 Å². The molecular formula is C34H46N6O5. The Bertz CT molecular complexity index is 1420. The molecule has 11 nitrogen and oxygen atoms in total. The summed E-state index contributed by atoms with van der Waals surface area (Å²) in [4.78, 5) is 56.5. The van der Waals surface area contributed by atoms with Crippen molar-refractivity contribution in [3.05, 3.63) is 71.9 Å². The number of para-hydroxylation sites is 1. The third kappa shape index (κ3) is 10.7. The van der Waals surface area contributed by atoms with Crippen LogP contribution in [0.4, 0.5) is 0 Å². The van der Waals surface area contributed by atoms with Gasteiger partial charge in [0.15, 0.2) is 0 Å². The van der Waals surface area contributed by atoms with Crippen molar-refractivity contribution < 1.29 is 24.3 Å². The van der Waals surface area contributed by atoms with Gasteiger partial charge in [-0.2, -0.15) is 0 Å². The highest BCUT2D eigenvalue weighted by Crippen LogP contribution is 2.20. The maximum atomic E-state index is 13.5. The van der Waals surface area contributed by atoms with Gasteiger partial charge in [0, 0.05) is 60.9 Å². The van der Waals surface area contributed by atoms with Gasteiger partial charge in [0.2, 0.25) is 23.6 Å². The molecule has 45 heavy (non-hydrogen) atoms. The molecule has 2 heterocycles. The van der Waals surface area contributed by atoms with Gasteiger partial charge < -0.3 is 37.1 Å². The molecule has 242 valence electrons. The molecule has 0 aliphatic carbocycles. The monoisotopic (exact) mass is 618 g/mol. The number of hydrogen-bond donors (Lipinski definition) is 7. The van der Waals surface area contributed by atoms with E-state index >= 15 is 0 Å². The summed E-state index contributed by atoms with van der Waals surface area (Å²) in [6.45, 7) is 2.01. The van der Waals surface area contributed by atoms with Gasteiger partial charge in [-0.05, 0) is 56.3 Å². The van der Waals surface area contributed by atoms with Crippen LogP contribution in [0, 0.1) is 0 Å². The number of nitrogens with two attached hydrogens (primary N) is 1. The van der Waals surface area contributed by atoms with E-state index in [2.05, 4.69) is 26.3 Å². The number of aliphatic hydroxyl groups is 1. The minimum absolute atomic E-state index is 0.00134. The summed E-state index contributed by atoms with van der Waals surface area (Å²) in [7, 11) is 0.